The van der Waals surface area contributed by atoms with Crippen molar-refractivity contribution in [2.75, 3.05) is 13.2 Å². The highest BCUT2D eigenvalue weighted by molar-refractivity contribution is 7.24. The molecule has 0 spiro atoms. The van der Waals surface area contributed by atoms with Crippen molar-refractivity contribution >= 4 is 31.5 Å². The molecule has 0 saturated heterocycles. The second-order valence-corrected chi connectivity index (χ2v) is 5.64. The van der Waals surface area contributed by atoms with E-state index < -0.39 is 0 Å². The second-order valence-electron chi connectivity index (χ2n) is 4.56. The molecule has 0 bridgehead atoms. The predicted octanol–water partition coefficient (Wildman–Crippen LogP) is 4.21. The molecule has 3 aromatic rings. The zero-order valence-corrected chi connectivity index (χ0v) is 12.8. The lowest BCUT2D eigenvalue weighted by molar-refractivity contribution is 0.290. The maximum Gasteiger partial charge on any atom is 0.199 e. The average Bonchev–Trinajstić information content (AvgIpc) is 2.50. The van der Waals surface area contributed by atoms with E-state index in [4.69, 9.17) is 9.47 Å². The van der Waals surface area contributed by atoms with E-state index in [9.17, 15) is 4.79 Å². The summed E-state index contributed by atoms with van der Waals surface area (Å²) in [5.74, 6) is 1.19. The van der Waals surface area contributed by atoms with Gasteiger partial charge in [0.15, 0.2) is 16.9 Å². The van der Waals surface area contributed by atoms with Gasteiger partial charge in [-0.05, 0) is 38.1 Å². The van der Waals surface area contributed by atoms with Gasteiger partial charge in [0.05, 0.1) is 18.6 Å². The Kier molecular flexibility index (Phi) is 3.80. The van der Waals surface area contributed by atoms with E-state index in [2.05, 4.69) is 0 Å². The molecule has 0 aliphatic carbocycles. The van der Waals surface area contributed by atoms with E-state index in [0.29, 0.717) is 30.1 Å². The Bertz CT molecular complexity index is 852. The van der Waals surface area contributed by atoms with Crippen molar-refractivity contribution < 1.29 is 9.47 Å². The Morgan fingerprint density at radius 3 is 2.48 bits per heavy atom. The first-order valence-corrected chi connectivity index (χ1v) is 7.82. The van der Waals surface area contributed by atoms with Gasteiger partial charge in [-0.1, -0.05) is 12.1 Å². The first kappa shape index (κ1) is 13.9. The fourth-order valence-electron chi connectivity index (χ4n) is 2.40. The average molecular weight is 300 g/mol. The van der Waals surface area contributed by atoms with Gasteiger partial charge < -0.3 is 9.47 Å². The smallest absolute Gasteiger partial charge is 0.199 e. The highest BCUT2D eigenvalue weighted by Gasteiger charge is 2.15. The van der Waals surface area contributed by atoms with Crippen LogP contribution < -0.4 is 14.9 Å². The zero-order chi connectivity index (χ0) is 14.8. The molecular weight excluding hydrogens is 284 g/mol. The van der Waals surface area contributed by atoms with E-state index in [1.807, 2.05) is 50.2 Å². The molecule has 0 aliphatic heterocycles. The third-order valence-electron chi connectivity index (χ3n) is 3.25. The molecular formula is C17H16O3S. The largest absolute Gasteiger partial charge is 0.490 e. The normalized spacial score (nSPS) is 11.0. The molecule has 1 aromatic heterocycles. The van der Waals surface area contributed by atoms with Crippen LogP contribution in [0.5, 0.6) is 11.5 Å². The standard InChI is InChI=1S/C17H16O3S/c1-3-19-12-9-10-14-15(17(12)20-4-2)16(18)11-7-5-6-8-13(11)21-14/h5-10H,3-4H2,1-2H3. The molecule has 0 atom stereocenters. The summed E-state index contributed by atoms with van der Waals surface area (Å²) < 4.78 is 13.2. The Hall–Kier alpha value is -2.07. The van der Waals surface area contributed by atoms with Crippen molar-refractivity contribution in [1.82, 2.24) is 0 Å². The molecule has 0 radical (unpaired) electrons. The van der Waals surface area contributed by atoms with Gasteiger partial charge >= 0.3 is 0 Å². The van der Waals surface area contributed by atoms with Gasteiger partial charge in [0.1, 0.15) is 0 Å². The van der Waals surface area contributed by atoms with E-state index in [1.165, 1.54) is 0 Å². The molecule has 0 amide bonds. The molecule has 3 nitrogen and oxygen atoms in total. The quantitative estimate of drug-likeness (QED) is 0.677. The topological polar surface area (TPSA) is 35.5 Å². The molecule has 4 heteroatoms. The zero-order valence-electron chi connectivity index (χ0n) is 12.0. The molecule has 0 saturated carbocycles. The van der Waals surface area contributed by atoms with Crippen LogP contribution in [0.25, 0.3) is 20.2 Å². The third kappa shape index (κ3) is 2.36. The fraction of sp³-hybridized carbons (Fsp3) is 0.235. The maximum absolute atomic E-state index is 12.8. The highest BCUT2D eigenvalue weighted by atomic mass is 32.1. The Balaban J connectivity index is 2.42. The van der Waals surface area contributed by atoms with Gasteiger partial charge in [0, 0.05) is 14.8 Å². The lowest BCUT2D eigenvalue weighted by Crippen LogP contribution is -2.06. The summed E-state index contributed by atoms with van der Waals surface area (Å²) in [6, 6.07) is 11.5. The summed E-state index contributed by atoms with van der Waals surface area (Å²) in [7, 11) is 0. The molecule has 1 heterocycles. The number of hydrogen-bond donors (Lipinski definition) is 0. The van der Waals surface area contributed by atoms with Gasteiger partial charge in [-0.2, -0.15) is 0 Å². The minimum Gasteiger partial charge on any atom is -0.490 e. The lowest BCUT2D eigenvalue weighted by atomic mass is 10.1. The number of rotatable bonds is 4. The first-order valence-electron chi connectivity index (χ1n) is 7.00. The van der Waals surface area contributed by atoms with Crippen LogP contribution >= 0.6 is 11.3 Å². The molecule has 108 valence electrons. The van der Waals surface area contributed by atoms with Crippen LogP contribution in [0.2, 0.25) is 0 Å². The molecule has 21 heavy (non-hydrogen) atoms. The lowest BCUT2D eigenvalue weighted by Gasteiger charge is -2.13. The van der Waals surface area contributed by atoms with Gasteiger partial charge in [-0.15, -0.1) is 11.3 Å². The number of benzene rings is 2. The van der Waals surface area contributed by atoms with Gasteiger partial charge in [-0.3, -0.25) is 4.79 Å². The highest BCUT2D eigenvalue weighted by Crippen LogP contribution is 2.37. The minimum atomic E-state index is 0.00403. The van der Waals surface area contributed by atoms with E-state index in [1.54, 1.807) is 11.3 Å². The minimum absolute atomic E-state index is 0.00403. The molecule has 0 aliphatic rings. The Morgan fingerprint density at radius 1 is 0.952 bits per heavy atom. The number of ether oxygens (including phenoxy) is 2. The van der Waals surface area contributed by atoms with Crippen LogP contribution in [0.1, 0.15) is 13.8 Å². The van der Waals surface area contributed by atoms with Crippen molar-refractivity contribution in [3.05, 3.63) is 46.6 Å². The van der Waals surface area contributed by atoms with Crippen LogP contribution in [0, 0.1) is 0 Å². The Morgan fingerprint density at radius 2 is 1.71 bits per heavy atom. The number of fused-ring (bicyclic) bond motifs is 2. The van der Waals surface area contributed by atoms with Gasteiger partial charge in [-0.25, -0.2) is 0 Å². The first-order chi connectivity index (χ1) is 10.3. The summed E-state index contributed by atoms with van der Waals surface area (Å²) in [4.78, 5) is 12.8. The number of hydrogen-bond acceptors (Lipinski definition) is 4. The van der Waals surface area contributed by atoms with Crippen molar-refractivity contribution in [2.45, 2.75) is 13.8 Å². The molecule has 2 aromatic carbocycles. The SMILES string of the molecule is CCOc1ccc2sc3ccccc3c(=O)c2c1OCC. The molecule has 0 unspecified atom stereocenters. The van der Waals surface area contributed by atoms with E-state index in [0.717, 1.165) is 14.8 Å². The van der Waals surface area contributed by atoms with Crippen molar-refractivity contribution in [3.63, 3.8) is 0 Å². The van der Waals surface area contributed by atoms with Crippen LogP contribution in [-0.2, 0) is 0 Å². The van der Waals surface area contributed by atoms with E-state index in [-0.39, 0.29) is 5.43 Å². The summed E-state index contributed by atoms with van der Waals surface area (Å²) in [5.41, 5.74) is 0.00403. The van der Waals surface area contributed by atoms with Crippen LogP contribution in [0.3, 0.4) is 0 Å². The summed E-state index contributed by atoms with van der Waals surface area (Å²) in [5, 5.41) is 1.34. The van der Waals surface area contributed by atoms with Crippen LogP contribution in [0.15, 0.2) is 41.2 Å². The molecule has 3 rings (SSSR count). The van der Waals surface area contributed by atoms with Crippen LogP contribution in [0.4, 0.5) is 0 Å². The van der Waals surface area contributed by atoms with Crippen molar-refractivity contribution in [3.8, 4) is 11.5 Å². The Labute approximate surface area is 126 Å². The maximum atomic E-state index is 12.8. The summed E-state index contributed by atoms with van der Waals surface area (Å²) >= 11 is 1.60. The second kappa shape index (κ2) is 5.74. The van der Waals surface area contributed by atoms with E-state index >= 15 is 0 Å². The van der Waals surface area contributed by atoms with Crippen LogP contribution in [-0.4, -0.2) is 13.2 Å². The fourth-order valence-corrected chi connectivity index (χ4v) is 3.48. The van der Waals surface area contributed by atoms with Crippen molar-refractivity contribution in [1.29, 1.82) is 0 Å². The van der Waals surface area contributed by atoms with Crippen molar-refractivity contribution in [2.24, 2.45) is 0 Å². The van der Waals surface area contributed by atoms with Gasteiger partial charge in [0.2, 0.25) is 0 Å². The summed E-state index contributed by atoms with van der Waals surface area (Å²) in [6.45, 7) is 4.86. The van der Waals surface area contributed by atoms with Gasteiger partial charge in [0.25, 0.3) is 0 Å². The molecule has 0 N–H and O–H groups in total. The predicted molar refractivity (Wildman–Crippen MR) is 87.9 cm³/mol. The third-order valence-corrected chi connectivity index (χ3v) is 4.39. The molecule has 0 fully saturated rings. The summed E-state index contributed by atoms with van der Waals surface area (Å²) in [6.07, 6.45) is 0. The monoisotopic (exact) mass is 300 g/mol.